The summed E-state index contributed by atoms with van der Waals surface area (Å²) in [5, 5.41) is 0. The molecule has 0 unspecified atom stereocenters. The number of aryl methyl sites for hydroxylation is 2. The summed E-state index contributed by atoms with van der Waals surface area (Å²) in [7, 11) is -4.12. The number of benzene rings is 1. The Kier molecular flexibility index (Phi) is 6.21. The van der Waals surface area contributed by atoms with Gasteiger partial charge in [-0.1, -0.05) is 12.1 Å². The number of ether oxygens (including phenoxy) is 1. The average Bonchev–Trinajstić information content (AvgIpc) is 2.34. The van der Waals surface area contributed by atoms with E-state index in [1.165, 1.54) is 12.1 Å². The molecule has 1 aromatic rings. The molecule has 0 heterocycles. The van der Waals surface area contributed by atoms with Crippen LogP contribution in [0.4, 0.5) is 0 Å². The van der Waals surface area contributed by atoms with Crippen molar-refractivity contribution in [2.45, 2.75) is 31.1 Å². The maximum Gasteiger partial charge on any atom is 0.294 e. The van der Waals surface area contributed by atoms with Crippen LogP contribution in [-0.2, 0) is 21.3 Å². The summed E-state index contributed by atoms with van der Waals surface area (Å²) >= 11 is 0. The topological polar surface area (TPSA) is 63.6 Å². The summed E-state index contributed by atoms with van der Waals surface area (Å²) in [6.07, 6.45) is 4.29. The normalized spacial score (nSPS) is 11.5. The number of hydrogen-bond donors (Lipinski definition) is 1. The molecule has 0 bridgehead atoms. The molecular formula is C14H20O4S. The fourth-order valence-corrected chi connectivity index (χ4v) is 2.30. The predicted octanol–water partition coefficient (Wildman–Crippen LogP) is 2.77. The summed E-state index contributed by atoms with van der Waals surface area (Å²) < 4.78 is 36.4. The van der Waals surface area contributed by atoms with Crippen LogP contribution in [0.25, 0.3) is 0 Å². The van der Waals surface area contributed by atoms with Crippen LogP contribution in [0.1, 0.15) is 24.0 Å². The third-order valence-electron chi connectivity index (χ3n) is 2.84. The summed E-state index contributed by atoms with van der Waals surface area (Å²) in [5.74, 6) is 0. The lowest BCUT2D eigenvalue weighted by molar-refractivity contribution is 0.158. The second-order valence-electron chi connectivity index (χ2n) is 4.38. The molecule has 4 nitrogen and oxygen atoms in total. The summed E-state index contributed by atoms with van der Waals surface area (Å²) in [4.78, 5) is -0.0454. The molecule has 19 heavy (non-hydrogen) atoms. The minimum absolute atomic E-state index is 0.0454. The Bertz CT molecular complexity index is 520. The zero-order chi connectivity index (χ0) is 14.3. The van der Waals surface area contributed by atoms with E-state index in [-0.39, 0.29) is 4.90 Å². The Morgan fingerprint density at radius 3 is 2.74 bits per heavy atom. The van der Waals surface area contributed by atoms with Crippen LogP contribution in [0.2, 0.25) is 0 Å². The lowest BCUT2D eigenvalue weighted by atomic mass is 10.0. The van der Waals surface area contributed by atoms with Gasteiger partial charge in [-0.15, -0.1) is 6.58 Å². The first-order chi connectivity index (χ1) is 8.95. The van der Waals surface area contributed by atoms with Gasteiger partial charge in [-0.3, -0.25) is 4.55 Å². The van der Waals surface area contributed by atoms with Crippen molar-refractivity contribution < 1.29 is 17.7 Å². The van der Waals surface area contributed by atoms with Gasteiger partial charge < -0.3 is 4.74 Å². The Balaban J connectivity index is 2.56. The molecule has 0 spiro atoms. The molecule has 0 saturated carbocycles. The van der Waals surface area contributed by atoms with Crippen molar-refractivity contribution in [1.29, 1.82) is 0 Å². The number of hydrogen-bond acceptors (Lipinski definition) is 3. The Hall–Kier alpha value is -1.17. The Morgan fingerprint density at radius 1 is 1.37 bits per heavy atom. The van der Waals surface area contributed by atoms with E-state index in [1.54, 1.807) is 12.1 Å². The molecule has 0 atom stereocenters. The standard InChI is InChI=1S/C14H20O4S/c1-3-9-18-10-5-4-6-13-11-14(19(15,16)17)8-7-12(13)2/h3,7-8,11H,1,4-6,9-10H2,2H3,(H,15,16,17). The molecule has 0 radical (unpaired) electrons. The highest BCUT2D eigenvalue weighted by Gasteiger charge is 2.11. The molecule has 0 aromatic heterocycles. The average molecular weight is 284 g/mol. The van der Waals surface area contributed by atoms with Gasteiger partial charge >= 0.3 is 0 Å². The molecule has 106 valence electrons. The van der Waals surface area contributed by atoms with Crippen molar-refractivity contribution in [3.05, 3.63) is 42.0 Å². The van der Waals surface area contributed by atoms with E-state index < -0.39 is 10.1 Å². The second kappa shape index (κ2) is 7.43. The maximum atomic E-state index is 11.1. The molecule has 0 aliphatic carbocycles. The monoisotopic (exact) mass is 284 g/mol. The van der Waals surface area contributed by atoms with Crippen molar-refractivity contribution in [1.82, 2.24) is 0 Å². The Labute approximate surface area is 114 Å². The summed E-state index contributed by atoms with van der Waals surface area (Å²) in [5.41, 5.74) is 1.97. The van der Waals surface area contributed by atoms with E-state index in [0.29, 0.717) is 13.2 Å². The largest absolute Gasteiger partial charge is 0.377 e. The van der Waals surface area contributed by atoms with E-state index in [0.717, 1.165) is 30.4 Å². The maximum absolute atomic E-state index is 11.1. The van der Waals surface area contributed by atoms with Crippen LogP contribution in [0, 0.1) is 6.92 Å². The van der Waals surface area contributed by atoms with Crippen LogP contribution in [0.15, 0.2) is 35.7 Å². The van der Waals surface area contributed by atoms with E-state index in [1.807, 2.05) is 6.92 Å². The second-order valence-corrected chi connectivity index (χ2v) is 5.81. The molecule has 5 heteroatoms. The molecule has 0 aliphatic heterocycles. The molecule has 0 amide bonds. The third-order valence-corrected chi connectivity index (χ3v) is 3.69. The fraction of sp³-hybridized carbons (Fsp3) is 0.429. The van der Waals surface area contributed by atoms with Gasteiger partial charge in [0.05, 0.1) is 11.5 Å². The highest BCUT2D eigenvalue weighted by Crippen LogP contribution is 2.17. The van der Waals surface area contributed by atoms with Crippen molar-refractivity contribution in [3.63, 3.8) is 0 Å². The van der Waals surface area contributed by atoms with Gasteiger partial charge in [0.1, 0.15) is 0 Å². The minimum atomic E-state index is -4.12. The fourth-order valence-electron chi connectivity index (χ4n) is 1.76. The van der Waals surface area contributed by atoms with Gasteiger partial charge in [0, 0.05) is 6.61 Å². The first-order valence-corrected chi connectivity index (χ1v) is 7.65. The minimum Gasteiger partial charge on any atom is -0.377 e. The Morgan fingerprint density at radius 2 is 2.11 bits per heavy atom. The van der Waals surface area contributed by atoms with Crippen molar-refractivity contribution >= 4 is 10.1 Å². The van der Waals surface area contributed by atoms with E-state index in [2.05, 4.69) is 6.58 Å². The van der Waals surface area contributed by atoms with Gasteiger partial charge in [-0.25, -0.2) is 0 Å². The van der Waals surface area contributed by atoms with Crippen LogP contribution in [0.3, 0.4) is 0 Å². The summed E-state index contributed by atoms with van der Waals surface area (Å²) in [6, 6.07) is 4.67. The van der Waals surface area contributed by atoms with Crippen LogP contribution in [-0.4, -0.2) is 26.2 Å². The van der Waals surface area contributed by atoms with Gasteiger partial charge in [-0.2, -0.15) is 8.42 Å². The smallest absolute Gasteiger partial charge is 0.294 e. The lowest BCUT2D eigenvalue weighted by Gasteiger charge is -2.07. The van der Waals surface area contributed by atoms with Crippen molar-refractivity contribution in [2.75, 3.05) is 13.2 Å². The molecular weight excluding hydrogens is 264 g/mol. The van der Waals surface area contributed by atoms with Crippen molar-refractivity contribution in [3.8, 4) is 0 Å². The van der Waals surface area contributed by atoms with Gasteiger partial charge in [0.2, 0.25) is 0 Å². The van der Waals surface area contributed by atoms with E-state index >= 15 is 0 Å². The first kappa shape index (κ1) is 15.9. The highest BCUT2D eigenvalue weighted by molar-refractivity contribution is 7.85. The quantitative estimate of drug-likeness (QED) is 0.453. The van der Waals surface area contributed by atoms with E-state index in [4.69, 9.17) is 9.29 Å². The highest BCUT2D eigenvalue weighted by atomic mass is 32.2. The summed E-state index contributed by atoms with van der Waals surface area (Å²) in [6.45, 7) is 6.72. The molecule has 1 rings (SSSR count). The third kappa shape index (κ3) is 5.55. The molecule has 0 saturated heterocycles. The van der Waals surface area contributed by atoms with E-state index in [9.17, 15) is 8.42 Å². The van der Waals surface area contributed by atoms with Crippen molar-refractivity contribution in [2.24, 2.45) is 0 Å². The van der Waals surface area contributed by atoms with Crippen LogP contribution < -0.4 is 0 Å². The molecule has 1 aromatic carbocycles. The van der Waals surface area contributed by atoms with Gasteiger partial charge in [0.15, 0.2) is 0 Å². The van der Waals surface area contributed by atoms with Crippen LogP contribution in [0.5, 0.6) is 0 Å². The number of rotatable bonds is 8. The zero-order valence-electron chi connectivity index (χ0n) is 11.1. The molecule has 0 aliphatic rings. The zero-order valence-corrected chi connectivity index (χ0v) is 11.9. The van der Waals surface area contributed by atoms with Gasteiger partial charge in [-0.05, 0) is 49.4 Å². The predicted molar refractivity (Wildman–Crippen MR) is 74.9 cm³/mol. The lowest BCUT2D eigenvalue weighted by Crippen LogP contribution is -2.01. The van der Waals surface area contributed by atoms with Crippen LogP contribution >= 0.6 is 0 Å². The first-order valence-electron chi connectivity index (χ1n) is 6.21. The number of unbranched alkanes of at least 4 members (excludes halogenated alkanes) is 1. The molecule has 0 fully saturated rings. The molecule has 1 N–H and O–H groups in total. The SMILES string of the molecule is C=CCOCCCCc1cc(S(=O)(=O)O)ccc1C. The van der Waals surface area contributed by atoms with Gasteiger partial charge in [0.25, 0.3) is 10.1 Å².